The first-order valence-electron chi connectivity index (χ1n) is 7.63. The van der Waals surface area contributed by atoms with Crippen molar-refractivity contribution in [2.75, 3.05) is 6.54 Å². The number of hydrogen-bond donors (Lipinski definition) is 1. The van der Waals surface area contributed by atoms with E-state index < -0.39 is 0 Å². The molecule has 0 saturated carbocycles. The minimum Gasteiger partial charge on any atom is -0.355 e. The van der Waals surface area contributed by atoms with E-state index >= 15 is 0 Å². The van der Waals surface area contributed by atoms with Gasteiger partial charge in [0.2, 0.25) is 5.91 Å². The molecule has 24 heavy (non-hydrogen) atoms. The maximum absolute atomic E-state index is 12.2. The Balaban J connectivity index is 1.62. The lowest BCUT2D eigenvalue weighted by Gasteiger charge is -2.25. The number of aromatic nitrogens is 4. The molecule has 6 nitrogen and oxygen atoms in total. The molecule has 1 N–H and O–H groups in total. The fourth-order valence-corrected chi connectivity index (χ4v) is 2.58. The van der Waals surface area contributed by atoms with Gasteiger partial charge in [0.1, 0.15) is 0 Å². The number of halogens is 1. The predicted molar refractivity (Wildman–Crippen MR) is 92.0 cm³/mol. The molecule has 3 aromatic rings. The summed E-state index contributed by atoms with van der Waals surface area (Å²) >= 11 is 6.05. The van der Waals surface area contributed by atoms with Crippen LogP contribution in [0.2, 0.25) is 5.02 Å². The largest absolute Gasteiger partial charge is 0.355 e. The van der Waals surface area contributed by atoms with Crippen molar-refractivity contribution in [3.05, 3.63) is 59.1 Å². The number of nitrogens with zero attached hydrogens (tertiary/aromatic N) is 4. The quantitative estimate of drug-likeness (QED) is 0.772. The van der Waals surface area contributed by atoms with Crippen LogP contribution in [0.3, 0.4) is 0 Å². The molecule has 0 spiro atoms. The molecule has 0 radical (unpaired) electrons. The molecule has 1 amide bonds. The average molecular weight is 344 g/mol. The van der Waals surface area contributed by atoms with E-state index in [2.05, 4.69) is 34.2 Å². The van der Waals surface area contributed by atoms with Gasteiger partial charge in [0.15, 0.2) is 5.82 Å². The predicted octanol–water partition coefficient (Wildman–Crippen LogP) is 2.41. The number of fused-ring (bicyclic) bond motifs is 1. The van der Waals surface area contributed by atoms with Crippen LogP contribution in [0.5, 0.6) is 0 Å². The van der Waals surface area contributed by atoms with E-state index in [0.717, 1.165) is 5.56 Å². The fraction of sp³-hybridized carbons (Fsp3) is 0.294. The maximum Gasteiger partial charge on any atom is 0.252 e. The molecule has 1 aromatic carbocycles. The summed E-state index contributed by atoms with van der Waals surface area (Å²) in [7, 11) is 0. The van der Waals surface area contributed by atoms with E-state index in [-0.39, 0.29) is 17.7 Å². The summed E-state index contributed by atoms with van der Waals surface area (Å²) in [6.45, 7) is 4.62. The summed E-state index contributed by atoms with van der Waals surface area (Å²) in [5.41, 5.74) is 0.847. The second-order valence-electron chi connectivity index (χ2n) is 6.24. The topological polar surface area (TPSA) is 72.2 Å². The smallest absolute Gasteiger partial charge is 0.252 e. The zero-order valence-electron chi connectivity index (χ0n) is 13.5. The lowest BCUT2D eigenvalue weighted by Crippen LogP contribution is -2.37. The minimum absolute atomic E-state index is 0.120. The van der Waals surface area contributed by atoms with Gasteiger partial charge in [0.25, 0.3) is 5.78 Å². The van der Waals surface area contributed by atoms with Crippen LogP contribution in [-0.4, -0.2) is 32.0 Å². The summed E-state index contributed by atoms with van der Waals surface area (Å²) in [4.78, 5) is 20.5. The number of carbonyl (C=O) groups excluding carboxylic acids is 1. The lowest BCUT2D eigenvalue weighted by atomic mass is 9.84. The summed E-state index contributed by atoms with van der Waals surface area (Å²) < 4.78 is 1.55. The molecule has 0 aliphatic rings. The summed E-state index contributed by atoms with van der Waals surface area (Å²) in [6, 6.07) is 9.44. The minimum atomic E-state index is -0.228. The first kappa shape index (κ1) is 16.4. The van der Waals surface area contributed by atoms with E-state index in [0.29, 0.717) is 23.2 Å². The Morgan fingerprint density at radius 1 is 1.33 bits per heavy atom. The van der Waals surface area contributed by atoms with Gasteiger partial charge in [-0.1, -0.05) is 37.6 Å². The highest BCUT2D eigenvalue weighted by molar-refractivity contribution is 6.30. The number of nitrogens with one attached hydrogen (secondary N) is 1. The molecule has 0 fully saturated rings. The van der Waals surface area contributed by atoms with Crippen LogP contribution < -0.4 is 5.32 Å². The first-order valence-corrected chi connectivity index (χ1v) is 8.01. The highest BCUT2D eigenvalue weighted by Gasteiger charge is 2.22. The van der Waals surface area contributed by atoms with Gasteiger partial charge in [-0.15, -0.1) is 5.10 Å². The molecular weight excluding hydrogens is 326 g/mol. The maximum atomic E-state index is 12.2. The highest BCUT2D eigenvalue weighted by Crippen LogP contribution is 2.24. The number of amides is 1. The van der Waals surface area contributed by atoms with Crippen LogP contribution in [-0.2, 0) is 16.6 Å². The normalized spacial score (nSPS) is 11.6. The highest BCUT2D eigenvalue weighted by atomic mass is 35.5. The fourth-order valence-electron chi connectivity index (χ4n) is 2.39. The van der Waals surface area contributed by atoms with Crippen LogP contribution in [0.1, 0.15) is 25.2 Å². The number of hydrogen-bond acceptors (Lipinski definition) is 4. The van der Waals surface area contributed by atoms with E-state index in [1.165, 1.54) is 0 Å². The van der Waals surface area contributed by atoms with Gasteiger partial charge >= 0.3 is 0 Å². The summed E-state index contributed by atoms with van der Waals surface area (Å²) in [6.07, 6.45) is 3.51. The molecule has 2 heterocycles. The Morgan fingerprint density at radius 2 is 2.17 bits per heavy atom. The van der Waals surface area contributed by atoms with Crippen molar-refractivity contribution in [2.24, 2.45) is 0 Å². The standard InChI is InChI=1S/C17H18ClN5O/c1-17(2,12-5-3-6-13(18)9-12)11-20-15(24)10-14-21-16-19-7-4-8-23(16)22-14/h3-9H,10-11H2,1-2H3,(H,20,24). The van der Waals surface area contributed by atoms with Gasteiger partial charge in [-0.3, -0.25) is 4.79 Å². The van der Waals surface area contributed by atoms with Crippen LogP contribution in [0.25, 0.3) is 5.78 Å². The summed E-state index contributed by atoms with van der Waals surface area (Å²) in [5, 5.41) is 7.86. The Kier molecular flexibility index (Phi) is 4.49. The molecule has 2 aromatic heterocycles. The van der Waals surface area contributed by atoms with Gasteiger partial charge in [-0.2, -0.15) is 4.98 Å². The summed E-state index contributed by atoms with van der Waals surface area (Å²) in [5.74, 6) is 0.812. The lowest BCUT2D eigenvalue weighted by molar-refractivity contribution is -0.120. The molecule has 0 bridgehead atoms. The second kappa shape index (κ2) is 6.57. The molecule has 0 aliphatic carbocycles. The van der Waals surface area contributed by atoms with E-state index in [1.807, 2.05) is 24.3 Å². The number of carbonyl (C=O) groups is 1. The molecular formula is C17H18ClN5O. The molecule has 124 valence electrons. The Labute approximate surface area is 144 Å². The second-order valence-corrected chi connectivity index (χ2v) is 6.68. The average Bonchev–Trinajstić information content (AvgIpc) is 2.95. The Morgan fingerprint density at radius 3 is 2.92 bits per heavy atom. The SMILES string of the molecule is CC(C)(CNC(=O)Cc1nc2ncccn2n1)c1cccc(Cl)c1. The van der Waals surface area contributed by atoms with Crippen molar-refractivity contribution in [2.45, 2.75) is 25.7 Å². The third kappa shape index (κ3) is 3.71. The molecule has 3 rings (SSSR count). The van der Waals surface area contributed by atoms with Crippen molar-refractivity contribution in [3.8, 4) is 0 Å². The van der Waals surface area contributed by atoms with Gasteiger partial charge in [-0.25, -0.2) is 9.50 Å². The van der Waals surface area contributed by atoms with Gasteiger partial charge in [0.05, 0.1) is 6.42 Å². The van der Waals surface area contributed by atoms with E-state index in [1.54, 1.807) is 23.0 Å². The first-order chi connectivity index (χ1) is 11.4. The van der Waals surface area contributed by atoms with Gasteiger partial charge in [0, 0.05) is 29.4 Å². The van der Waals surface area contributed by atoms with Crippen molar-refractivity contribution in [1.82, 2.24) is 24.9 Å². The van der Waals surface area contributed by atoms with Crippen LogP contribution >= 0.6 is 11.6 Å². The monoisotopic (exact) mass is 343 g/mol. The van der Waals surface area contributed by atoms with Crippen molar-refractivity contribution < 1.29 is 4.79 Å². The van der Waals surface area contributed by atoms with Crippen LogP contribution in [0.15, 0.2) is 42.7 Å². The van der Waals surface area contributed by atoms with E-state index in [9.17, 15) is 4.79 Å². The van der Waals surface area contributed by atoms with Crippen LogP contribution in [0, 0.1) is 0 Å². The molecule has 0 unspecified atom stereocenters. The zero-order chi connectivity index (χ0) is 17.2. The number of benzene rings is 1. The Hall–Kier alpha value is -2.47. The molecule has 0 atom stereocenters. The van der Waals surface area contributed by atoms with Crippen molar-refractivity contribution in [3.63, 3.8) is 0 Å². The molecule has 7 heteroatoms. The number of rotatable bonds is 5. The van der Waals surface area contributed by atoms with Gasteiger partial charge < -0.3 is 5.32 Å². The van der Waals surface area contributed by atoms with Crippen molar-refractivity contribution in [1.29, 1.82) is 0 Å². The molecule has 0 saturated heterocycles. The third-order valence-electron chi connectivity index (χ3n) is 3.81. The molecule has 0 aliphatic heterocycles. The van der Waals surface area contributed by atoms with Crippen LogP contribution in [0.4, 0.5) is 0 Å². The van der Waals surface area contributed by atoms with Gasteiger partial charge in [-0.05, 0) is 23.8 Å². The zero-order valence-corrected chi connectivity index (χ0v) is 14.3. The Bertz CT molecular complexity index is 841. The van der Waals surface area contributed by atoms with E-state index in [4.69, 9.17) is 11.6 Å². The third-order valence-corrected chi connectivity index (χ3v) is 4.05. The van der Waals surface area contributed by atoms with Crippen molar-refractivity contribution >= 4 is 23.3 Å².